The smallest absolute Gasteiger partial charge is 0.355 e. The van der Waals surface area contributed by atoms with Crippen LogP contribution in [0.5, 0.6) is 0 Å². The molecule has 3 nitrogen and oxygen atoms in total. The number of carbonyl (C=O) groups excluding carboxylic acids is 1. The van der Waals surface area contributed by atoms with Crippen molar-refractivity contribution >= 4 is 18.3 Å². The maximum Gasteiger partial charge on any atom is 0.416 e. The molecule has 0 aromatic heterocycles. The molecule has 7 heteroatoms. The predicted molar refractivity (Wildman–Crippen MR) is 90.3 cm³/mol. The summed E-state index contributed by atoms with van der Waals surface area (Å²) in [6, 6.07) is 5.06. The Labute approximate surface area is 146 Å². The maximum absolute atomic E-state index is 12.8. The highest BCUT2D eigenvalue weighted by atomic mass is 35.5. The summed E-state index contributed by atoms with van der Waals surface area (Å²) < 4.78 is 38.5. The topological polar surface area (TPSA) is 41.1 Å². The van der Waals surface area contributed by atoms with E-state index in [4.69, 9.17) is 0 Å². The van der Waals surface area contributed by atoms with Crippen molar-refractivity contribution in [2.24, 2.45) is 5.92 Å². The number of hydrogen-bond donors (Lipinski definition) is 2. The van der Waals surface area contributed by atoms with Gasteiger partial charge >= 0.3 is 6.18 Å². The van der Waals surface area contributed by atoms with E-state index in [-0.39, 0.29) is 18.3 Å². The lowest BCUT2D eigenvalue weighted by Gasteiger charge is -2.24. The van der Waals surface area contributed by atoms with Gasteiger partial charge in [0.25, 0.3) is 0 Å². The monoisotopic (exact) mass is 364 g/mol. The zero-order chi connectivity index (χ0) is 16.9. The Morgan fingerprint density at radius 2 is 2.17 bits per heavy atom. The number of nitrogens with one attached hydrogen (secondary N) is 2. The highest BCUT2D eigenvalue weighted by molar-refractivity contribution is 5.85. The van der Waals surface area contributed by atoms with Gasteiger partial charge in [0.1, 0.15) is 0 Å². The first kappa shape index (κ1) is 20.8. The summed E-state index contributed by atoms with van der Waals surface area (Å²) in [6.07, 6.45) is -1.77. The first-order valence-electron chi connectivity index (χ1n) is 8.07. The summed E-state index contributed by atoms with van der Waals surface area (Å²) in [4.78, 5) is 12.4. The molecule has 1 aromatic rings. The molecule has 2 atom stereocenters. The van der Waals surface area contributed by atoms with Gasteiger partial charge in [-0.1, -0.05) is 25.1 Å². The lowest BCUT2D eigenvalue weighted by Crippen LogP contribution is -2.39. The van der Waals surface area contributed by atoms with Crippen LogP contribution in [0.15, 0.2) is 24.3 Å². The van der Waals surface area contributed by atoms with Gasteiger partial charge in [0.2, 0.25) is 5.91 Å². The fourth-order valence-corrected chi connectivity index (χ4v) is 2.97. The quantitative estimate of drug-likeness (QED) is 0.835. The molecule has 24 heavy (non-hydrogen) atoms. The standard InChI is InChI=1S/C17H23F3N2O.ClH/c1-2-15(13-6-3-7-14(9-13)17(18,19)20)16(23)22-11-12-5-4-8-21-10-12;/h3,6-7,9,12,15,21H,2,4-5,8,10-11H2,1H3,(H,22,23);1H. The molecule has 1 heterocycles. The maximum atomic E-state index is 12.8. The van der Waals surface area contributed by atoms with E-state index in [0.717, 1.165) is 38.1 Å². The Bertz CT molecular complexity index is 531. The third-order valence-electron chi connectivity index (χ3n) is 4.30. The van der Waals surface area contributed by atoms with Crippen LogP contribution in [0, 0.1) is 5.92 Å². The molecule has 2 unspecified atom stereocenters. The van der Waals surface area contributed by atoms with E-state index in [2.05, 4.69) is 10.6 Å². The molecule has 1 aromatic carbocycles. The SMILES string of the molecule is CCC(C(=O)NCC1CCCNC1)c1cccc(C(F)(F)F)c1.Cl. The Hall–Kier alpha value is -1.27. The summed E-state index contributed by atoms with van der Waals surface area (Å²) in [6.45, 7) is 4.26. The van der Waals surface area contributed by atoms with Crippen LogP contribution >= 0.6 is 12.4 Å². The van der Waals surface area contributed by atoms with Gasteiger partial charge in [0.15, 0.2) is 0 Å². The van der Waals surface area contributed by atoms with Crippen molar-refractivity contribution in [2.75, 3.05) is 19.6 Å². The van der Waals surface area contributed by atoms with Crippen LogP contribution in [0.2, 0.25) is 0 Å². The van der Waals surface area contributed by atoms with Crippen LogP contribution < -0.4 is 10.6 Å². The van der Waals surface area contributed by atoms with Crippen LogP contribution in [-0.2, 0) is 11.0 Å². The number of hydrogen-bond acceptors (Lipinski definition) is 2. The second-order valence-electron chi connectivity index (χ2n) is 6.04. The molecule has 0 saturated carbocycles. The van der Waals surface area contributed by atoms with Crippen LogP contribution in [-0.4, -0.2) is 25.5 Å². The van der Waals surface area contributed by atoms with Crippen molar-refractivity contribution in [3.8, 4) is 0 Å². The molecule has 0 bridgehead atoms. The highest BCUT2D eigenvalue weighted by Crippen LogP contribution is 2.31. The van der Waals surface area contributed by atoms with Gasteiger partial charge < -0.3 is 10.6 Å². The van der Waals surface area contributed by atoms with Gasteiger partial charge in [-0.05, 0) is 49.9 Å². The summed E-state index contributed by atoms with van der Waals surface area (Å²) >= 11 is 0. The van der Waals surface area contributed by atoms with E-state index in [0.29, 0.717) is 24.4 Å². The summed E-state index contributed by atoms with van der Waals surface area (Å²) in [5.41, 5.74) is -0.292. The molecule has 0 spiro atoms. The molecule has 1 aliphatic heterocycles. The van der Waals surface area contributed by atoms with E-state index in [9.17, 15) is 18.0 Å². The molecule has 1 fully saturated rings. The average Bonchev–Trinajstić information content (AvgIpc) is 2.54. The van der Waals surface area contributed by atoms with E-state index in [1.54, 1.807) is 6.07 Å². The number of benzene rings is 1. The first-order valence-corrected chi connectivity index (χ1v) is 8.07. The van der Waals surface area contributed by atoms with E-state index >= 15 is 0 Å². The van der Waals surface area contributed by atoms with E-state index < -0.39 is 17.7 Å². The fourth-order valence-electron chi connectivity index (χ4n) is 2.97. The molecular weight excluding hydrogens is 341 g/mol. The summed E-state index contributed by atoms with van der Waals surface area (Å²) in [5, 5.41) is 6.18. The van der Waals surface area contributed by atoms with Gasteiger partial charge in [0.05, 0.1) is 11.5 Å². The molecule has 0 radical (unpaired) electrons. The van der Waals surface area contributed by atoms with Gasteiger partial charge in [-0.3, -0.25) is 4.79 Å². The summed E-state index contributed by atoms with van der Waals surface area (Å²) in [5.74, 6) is -0.349. The second kappa shape index (κ2) is 9.28. The summed E-state index contributed by atoms with van der Waals surface area (Å²) in [7, 11) is 0. The van der Waals surface area contributed by atoms with Crippen molar-refractivity contribution in [1.29, 1.82) is 0 Å². The number of halogens is 4. The second-order valence-corrected chi connectivity index (χ2v) is 6.04. The van der Waals surface area contributed by atoms with Gasteiger partial charge in [-0.15, -0.1) is 12.4 Å². The van der Waals surface area contributed by atoms with Crippen molar-refractivity contribution in [2.45, 2.75) is 38.3 Å². The number of carbonyl (C=O) groups is 1. The molecular formula is C17H24ClF3N2O. The number of amides is 1. The van der Waals surface area contributed by atoms with Crippen LogP contribution in [0.25, 0.3) is 0 Å². The van der Waals surface area contributed by atoms with E-state index in [1.165, 1.54) is 6.07 Å². The van der Waals surface area contributed by atoms with Crippen LogP contribution in [0.4, 0.5) is 13.2 Å². The zero-order valence-corrected chi connectivity index (χ0v) is 14.5. The molecule has 0 aliphatic carbocycles. The normalized spacial score (nSPS) is 19.2. The van der Waals surface area contributed by atoms with Crippen LogP contribution in [0.1, 0.15) is 43.2 Å². The minimum Gasteiger partial charge on any atom is -0.355 e. The van der Waals surface area contributed by atoms with E-state index in [1.807, 2.05) is 6.92 Å². The first-order chi connectivity index (χ1) is 10.9. The van der Waals surface area contributed by atoms with Crippen LogP contribution in [0.3, 0.4) is 0 Å². The van der Waals surface area contributed by atoms with Gasteiger partial charge in [0, 0.05) is 6.54 Å². The Morgan fingerprint density at radius 3 is 2.75 bits per heavy atom. The predicted octanol–water partition coefficient (Wildman–Crippen LogP) is 3.74. The number of rotatable bonds is 5. The Balaban J connectivity index is 0.00000288. The molecule has 1 aliphatic rings. The lowest BCUT2D eigenvalue weighted by molar-refractivity contribution is -0.137. The third kappa shape index (κ3) is 5.67. The van der Waals surface area contributed by atoms with Crippen molar-refractivity contribution < 1.29 is 18.0 Å². The molecule has 1 amide bonds. The van der Waals surface area contributed by atoms with Crippen molar-refractivity contribution in [1.82, 2.24) is 10.6 Å². The van der Waals surface area contributed by atoms with Gasteiger partial charge in [-0.2, -0.15) is 13.2 Å². The average molecular weight is 365 g/mol. The zero-order valence-electron chi connectivity index (χ0n) is 13.7. The molecule has 1 saturated heterocycles. The molecule has 136 valence electrons. The number of piperidine rings is 1. The fraction of sp³-hybridized carbons (Fsp3) is 0.588. The Morgan fingerprint density at radius 1 is 1.42 bits per heavy atom. The minimum atomic E-state index is -4.39. The Kier molecular flexibility index (Phi) is 8.03. The van der Waals surface area contributed by atoms with Crippen molar-refractivity contribution in [3.63, 3.8) is 0 Å². The molecule has 2 N–H and O–H groups in total. The van der Waals surface area contributed by atoms with Gasteiger partial charge in [-0.25, -0.2) is 0 Å². The lowest BCUT2D eigenvalue weighted by atomic mass is 9.93. The van der Waals surface area contributed by atoms with Crippen molar-refractivity contribution in [3.05, 3.63) is 35.4 Å². The molecule has 2 rings (SSSR count). The largest absolute Gasteiger partial charge is 0.416 e. The minimum absolute atomic E-state index is 0. The number of alkyl halides is 3. The third-order valence-corrected chi connectivity index (χ3v) is 4.30. The highest BCUT2D eigenvalue weighted by Gasteiger charge is 2.31.